The summed E-state index contributed by atoms with van der Waals surface area (Å²) in [7, 11) is -2.07. The minimum absolute atomic E-state index is 0.0426. The van der Waals surface area contributed by atoms with Gasteiger partial charge in [0.2, 0.25) is 15.9 Å². The molecule has 2 aliphatic rings. The number of benzene rings is 1. The first-order valence-electron chi connectivity index (χ1n) is 9.74. The van der Waals surface area contributed by atoms with E-state index in [1.54, 1.807) is 29.0 Å². The van der Waals surface area contributed by atoms with Crippen molar-refractivity contribution in [1.82, 2.24) is 9.80 Å². The van der Waals surface area contributed by atoms with Crippen LogP contribution in [0, 0.1) is 0 Å². The van der Waals surface area contributed by atoms with E-state index in [9.17, 15) is 22.0 Å². The third-order valence-corrected chi connectivity index (χ3v) is 6.74. The zero-order chi connectivity index (χ0) is 21.3. The van der Waals surface area contributed by atoms with E-state index >= 15 is 0 Å². The van der Waals surface area contributed by atoms with Gasteiger partial charge < -0.3 is 4.90 Å². The van der Waals surface area contributed by atoms with Gasteiger partial charge in [-0.1, -0.05) is 0 Å². The number of hydrogen-bond acceptors (Lipinski definition) is 5. The van der Waals surface area contributed by atoms with E-state index < -0.39 is 16.4 Å². The van der Waals surface area contributed by atoms with Gasteiger partial charge in [0.25, 0.3) is 6.43 Å². The predicted molar refractivity (Wildman–Crippen MR) is 107 cm³/mol. The van der Waals surface area contributed by atoms with Crippen LogP contribution in [0.4, 0.5) is 14.5 Å². The van der Waals surface area contributed by atoms with Crippen LogP contribution in [0.5, 0.6) is 0 Å². The summed E-state index contributed by atoms with van der Waals surface area (Å²) < 4.78 is 48.3. The number of sulfonamides is 1. The molecular weight excluding hydrogens is 402 g/mol. The number of carbonyl (C=O) groups is 1. The fourth-order valence-electron chi connectivity index (χ4n) is 4.32. The molecule has 10 heteroatoms. The summed E-state index contributed by atoms with van der Waals surface area (Å²) in [5.74, 6) is -0.0426. The van der Waals surface area contributed by atoms with Crippen LogP contribution in [-0.4, -0.2) is 75.9 Å². The SMILES string of the molecule is C[C@H]1Cc2cc(S(N)(=O)=O)ccc2N1C(=O)CN1CCC(N(C)CC(F)F)CC1. The topological polar surface area (TPSA) is 86.9 Å². The van der Waals surface area contributed by atoms with Gasteiger partial charge in [-0.15, -0.1) is 0 Å². The van der Waals surface area contributed by atoms with Crippen LogP contribution in [-0.2, 0) is 21.2 Å². The molecule has 1 amide bonds. The van der Waals surface area contributed by atoms with Gasteiger partial charge in [0.1, 0.15) is 0 Å². The largest absolute Gasteiger partial charge is 0.308 e. The highest BCUT2D eigenvalue weighted by molar-refractivity contribution is 7.89. The van der Waals surface area contributed by atoms with Crippen molar-refractivity contribution in [1.29, 1.82) is 0 Å². The van der Waals surface area contributed by atoms with Gasteiger partial charge in [-0.2, -0.15) is 0 Å². The second-order valence-electron chi connectivity index (χ2n) is 7.99. The Balaban J connectivity index is 1.61. The molecule has 7 nitrogen and oxygen atoms in total. The van der Waals surface area contributed by atoms with Gasteiger partial charge in [-0.3, -0.25) is 14.6 Å². The number of alkyl halides is 2. The quantitative estimate of drug-likeness (QED) is 0.735. The minimum atomic E-state index is -3.78. The molecule has 162 valence electrons. The van der Waals surface area contributed by atoms with Crippen LogP contribution < -0.4 is 10.0 Å². The lowest BCUT2D eigenvalue weighted by Crippen LogP contribution is -2.49. The molecule has 1 fully saturated rings. The normalized spacial score (nSPS) is 21.2. The van der Waals surface area contributed by atoms with Crippen LogP contribution in [0.1, 0.15) is 25.3 Å². The molecule has 1 aromatic carbocycles. The number of hydrogen-bond donors (Lipinski definition) is 1. The second kappa shape index (κ2) is 8.63. The molecule has 1 atom stereocenters. The zero-order valence-corrected chi connectivity index (χ0v) is 17.5. The van der Waals surface area contributed by atoms with Crippen LogP contribution >= 0.6 is 0 Å². The average Bonchev–Trinajstić information content (AvgIpc) is 2.95. The number of nitrogens with zero attached hydrogens (tertiary/aromatic N) is 3. The van der Waals surface area contributed by atoms with Gasteiger partial charge in [0.15, 0.2) is 0 Å². The average molecular weight is 431 g/mol. The number of amides is 1. The molecule has 2 N–H and O–H groups in total. The first-order chi connectivity index (χ1) is 13.6. The monoisotopic (exact) mass is 430 g/mol. The Morgan fingerprint density at radius 3 is 2.55 bits per heavy atom. The van der Waals surface area contributed by atoms with Crippen molar-refractivity contribution >= 4 is 21.6 Å². The number of fused-ring (bicyclic) bond motifs is 1. The molecule has 1 aromatic rings. The fraction of sp³-hybridized carbons (Fsp3) is 0.632. The number of primary sulfonamides is 1. The number of nitrogens with two attached hydrogens (primary N) is 1. The smallest absolute Gasteiger partial charge is 0.251 e. The molecule has 29 heavy (non-hydrogen) atoms. The molecule has 1 saturated heterocycles. The summed E-state index contributed by atoms with van der Waals surface area (Å²) >= 11 is 0. The van der Waals surface area contributed by atoms with E-state index in [2.05, 4.69) is 4.90 Å². The fourth-order valence-corrected chi connectivity index (χ4v) is 4.88. The van der Waals surface area contributed by atoms with E-state index in [4.69, 9.17) is 5.14 Å². The number of likely N-dealkylation sites (tertiary alicyclic amines) is 1. The maximum atomic E-state index is 13.0. The van der Waals surface area contributed by atoms with Crippen molar-refractivity contribution in [2.24, 2.45) is 5.14 Å². The van der Waals surface area contributed by atoms with Crippen molar-refractivity contribution in [3.05, 3.63) is 23.8 Å². The highest BCUT2D eigenvalue weighted by Crippen LogP contribution is 2.34. The van der Waals surface area contributed by atoms with Gasteiger partial charge >= 0.3 is 0 Å². The van der Waals surface area contributed by atoms with Crippen molar-refractivity contribution in [2.75, 3.05) is 38.1 Å². The molecule has 3 rings (SSSR count). The first-order valence-corrected chi connectivity index (χ1v) is 11.3. The maximum Gasteiger partial charge on any atom is 0.251 e. The van der Waals surface area contributed by atoms with E-state index in [1.807, 2.05) is 6.92 Å². The Morgan fingerprint density at radius 2 is 1.97 bits per heavy atom. The highest BCUT2D eigenvalue weighted by Gasteiger charge is 2.33. The summed E-state index contributed by atoms with van der Waals surface area (Å²) in [5, 5.41) is 5.20. The lowest BCUT2D eigenvalue weighted by molar-refractivity contribution is -0.120. The van der Waals surface area contributed by atoms with Crippen molar-refractivity contribution in [2.45, 2.75) is 49.6 Å². The standard InChI is InChI=1S/C19H28F2N4O3S/c1-13-9-14-10-16(29(22,27)28)3-4-17(14)25(13)19(26)12-24-7-5-15(6-8-24)23(2)11-18(20)21/h3-4,10,13,15,18H,5-9,11-12H2,1-2H3,(H2,22,27,28)/t13-/m0/s1. The molecule has 2 aliphatic heterocycles. The summed E-state index contributed by atoms with van der Waals surface area (Å²) in [6.07, 6.45) is -0.267. The van der Waals surface area contributed by atoms with Gasteiger partial charge in [0, 0.05) is 30.9 Å². The predicted octanol–water partition coefficient (Wildman–Crippen LogP) is 1.27. The van der Waals surface area contributed by atoms with Gasteiger partial charge in [-0.05, 0) is 57.0 Å². The van der Waals surface area contributed by atoms with E-state index in [0.717, 1.165) is 24.1 Å². The second-order valence-corrected chi connectivity index (χ2v) is 9.55. The Labute approximate surface area is 170 Å². The van der Waals surface area contributed by atoms with E-state index in [0.29, 0.717) is 19.5 Å². The van der Waals surface area contributed by atoms with Crippen molar-refractivity contribution in [3.8, 4) is 0 Å². The molecule has 2 heterocycles. The lowest BCUT2D eigenvalue weighted by atomic mass is 10.0. The van der Waals surface area contributed by atoms with Crippen LogP contribution in [0.15, 0.2) is 23.1 Å². The maximum absolute atomic E-state index is 13.0. The highest BCUT2D eigenvalue weighted by atomic mass is 32.2. The molecule has 0 radical (unpaired) electrons. The molecule has 0 bridgehead atoms. The third-order valence-electron chi connectivity index (χ3n) is 5.83. The summed E-state index contributed by atoms with van der Waals surface area (Å²) in [4.78, 5) is 18.5. The van der Waals surface area contributed by atoms with Crippen molar-refractivity contribution in [3.63, 3.8) is 0 Å². The number of piperidine rings is 1. The van der Waals surface area contributed by atoms with Gasteiger partial charge in [0.05, 0.1) is 18.0 Å². The summed E-state index contributed by atoms with van der Waals surface area (Å²) in [6.45, 7) is 3.32. The van der Waals surface area contributed by atoms with Crippen LogP contribution in [0.3, 0.4) is 0 Å². The molecule has 0 unspecified atom stereocenters. The molecule has 0 spiro atoms. The Hall–Kier alpha value is -1.62. The van der Waals surface area contributed by atoms with Gasteiger partial charge in [-0.25, -0.2) is 22.3 Å². The number of halogens is 2. The lowest BCUT2D eigenvalue weighted by Gasteiger charge is -2.37. The van der Waals surface area contributed by atoms with Crippen LogP contribution in [0.2, 0.25) is 0 Å². The minimum Gasteiger partial charge on any atom is -0.308 e. The Morgan fingerprint density at radius 1 is 1.31 bits per heavy atom. The first kappa shape index (κ1) is 22.1. The van der Waals surface area contributed by atoms with E-state index in [-0.39, 0.29) is 36.0 Å². The Kier molecular flexibility index (Phi) is 6.57. The summed E-state index contributed by atoms with van der Waals surface area (Å²) in [5.41, 5.74) is 1.52. The van der Waals surface area contributed by atoms with Crippen molar-refractivity contribution < 1.29 is 22.0 Å². The summed E-state index contributed by atoms with van der Waals surface area (Å²) in [6, 6.07) is 4.65. The molecule has 0 aliphatic carbocycles. The van der Waals surface area contributed by atoms with Crippen LogP contribution in [0.25, 0.3) is 0 Å². The number of rotatable bonds is 6. The molecule has 0 aromatic heterocycles. The molecule has 0 saturated carbocycles. The number of carbonyl (C=O) groups excluding carboxylic acids is 1. The third kappa shape index (κ3) is 5.11. The Bertz CT molecular complexity index is 857. The van der Waals surface area contributed by atoms with E-state index in [1.165, 1.54) is 6.07 Å². The molecular formula is C19H28F2N4O3S. The zero-order valence-electron chi connectivity index (χ0n) is 16.7. The number of anilines is 1.